The largest absolute Gasteiger partial charge is 0.385 e. The van der Waals surface area contributed by atoms with Crippen LogP contribution in [0.1, 0.15) is 11.7 Å². The molecule has 0 fully saturated rings. The Bertz CT molecular complexity index is 386. The average molecular weight is 278 g/mol. The van der Waals surface area contributed by atoms with Crippen molar-refractivity contribution >= 4 is 21.8 Å². The van der Waals surface area contributed by atoms with Gasteiger partial charge in [-0.05, 0) is 22.0 Å². The molecule has 4 N–H and O–H groups in total. The molecule has 82 valence electrons. The summed E-state index contributed by atoms with van der Waals surface area (Å²) in [4.78, 5) is 10.6. The minimum Gasteiger partial charge on any atom is -0.385 e. The predicted molar refractivity (Wildman–Crippen MR) is 54.3 cm³/mol. The van der Waals surface area contributed by atoms with E-state index < -0.39 is 23.9 Å². The molecular weight excluding hydrogens is 269 g/mol. The first-order valence-electron chi connectivity index (χ1n) is 4.04. The van der Waals surface area contributed by atoms with Crippen molar-refractivity contribution in [2.75, 3.05) is 0 Å². The molecule has 0 aliphatic carbocycles. The first-order valence-corrected chi connectivity index (χ1v) is 4.83. The Morgan fingerprint density at radius 3 is 2.60 bits per heavy atom. The first kappa shape index (κ1) is 12.1. The van der Waals surface area contributed by atoms with Crippen molar-refractivity contribution in [2.24, 2.45) is 5.73 Å². The van der Waals surface area contributed by atoms with Crippen LogP contribution in [0.15, 0.2) is 22.7 Å². The number of carbonyl (C=O) groups is 1. The summed E-state index contributed by atoms with van der Waals surface area (Å²) in [5.74, 6) is -1.84. The van der Waals surface area contributed by atoms with Crippen LogP contribution >= 0.6 is 15.9 Å². The minimum absolute atomic E-state index is 0.135. The molecule has 0 bridgehead atoms. The van der Waals surface area contributed by atoms with Crippen LogP contribution in [0, 0.1) is 5.82 Å². The number of amides is 1. The summed E-state index contributed by atoms with van der Waals surface area (Å²) in [7, 11) is 0. The lowest BCUT2D eigenvalue weighted by Crippen LogP contribution is -2.34. The van der Waals surface area contributed by atoms with Crippen LogP contribution in [0.5, 0.6) is 0 Å². The third-order valence-corrected chi connectivity index (χ3v) is 2.50. The van der Waals surface area contributed by atoms with E-state index in [4.69, 9.17) is 10.8 Å². The van der Waals surface area contributed by atoms with E-state index in [1.807, 2.05) is 0 Å². The minimum atomic E-state index is -1.83. The molecule has 0 radical (unpaired) electrons. The molecule has 1 aromatic carbocycles. The maximum absolute atomic E-state index is 13.4. The predicted octanol–water partition coefficient (Wildman–Crippen LogP) is 0.468. The Morgan fingerprint density at radius 1 is 1.47 bits per heavy atom. The molecule has 0 saturated heterocycles. The van der Waals surface area contributed by atoms with E-state index in [-0.39, 0.29) is 10.0 Å². The van der Waals surface area contributed by atoms with E-state index >= 15 is 0 Å². The second kappa shape index (κ2) is 4.69. The molecule has 1 aromatic rings. The van der Waals surface area contributed by atoms with Crippen molar-refractivity contribution in [1.82, 2.24) is 0 Å². The molecule has 0 aliphatic rings. The zero-order valence-corrected chi connectivity index (χ0v) is 9.11. The molecule has 15 heavy (non-hydrogen) atoms. The molecule has 0 aliphatic heterocycles. The lowest BCUT2D eigenvalue weighted by molar-refractivity contribution is -0.132. The molecule has 6 heteroatoms. The highest BCUT2D eigenvalue weighted by atomic mass is 79.9. The van der Waals surface area contributed by atoms with Crippen molar-refractivity contribution < 1.29 is 19.4 Å². The molecule has 0 saturated carbocycles. The molecule has 0 aromatic heterocycles. The monoisotopic (exact) mass is 277 g/mol. The summed E-state index contributed by atoms with van der Waals surface area (Å²) in [5.41, 5.74) is 4.59. The maximum atomic E-state index is 13.4. The fraction of sp³-hybridized carbons (Fsp3) is 0.222. The highest BCUT2D eigenvalue weighted by molar-refractivity contribution is 9.10. The molecule has 4 nitrogen and oxygen atoms in total. The van der Waals surface area contributed by atoms with Crippen molar-refractivity contribution in [1.29, 1.82) is 0 Å². The fourth-order valence-electron chi connectivity index (χ4n) is 1.07. The summed E-state index contributed by atoms with van der Waals surface area (Å²) >= 11 is 2.92. The number of nitrogens with two attached hydrogens (primary N) is 1. The van der Waals surface area contributed by atoms with E-state index in [2.05, 4.69) is 15.9 Å². The van der Waals surface area contributed by atoms with E-state index in [1.165, 1.54) is 18.2 Å². The second-order valence-corrected chi connectivity index (χ2v) is 3.79. The third-order valence-electron chi connectivity index (χ3n) is 1.89. The molecular formula is C9H9BrFNO3. The number of aliphatic hydroxyl groups excluding tert-OH is 2. The highest BCUT2D eigenvalue weighted by Crippen LogP contribution is 2.25. The van der Waals surface area contributed by atoms with Gasteiger partial charge in [-0.3, -0.25) is 4.79 Å². The summed E-state index contributed by atoms with van der Waals surface area (Å²) in [6.45, 7) is 0. The Kier molecular flexibility index (Phi) is 3.78. The van der Waals surface area contributed by atoms with E-state index in [9.17, 15) is 14.3 Å². The van der Waals surface area contributed by atoms with Crippen molar-refractivity contribution in [2.45, 2.75) is 12.2 Å². The number of hydrogen-bond donors (Lipinski definition) is 3. The normalized spacial score (nSPS) is 14.7. The summed E-state index contributed by atoms with van der Waals surface area (Å²) in [5, 5.41) is 18.6. The Morgan fingerprint density at radius 2 is 2.07 bits per heavy atom. The Labute approximate surface area is 93.6 Å². The van der Waals surface area contributed by atoms with Crippen LogP contribution in [0.25, 0.3) is 0 Å². The Hall–Kier alpha value is -0.980. The standard InChI is InChI=1S/C9H9BrFNO3/c10-5-3-1-2-4(6(5)11)7(13)8(14)9(12)15/h1-3,7-8,13-14H,(H2,12,15). The SMILES string of the molecule is NC(=O)C(O)C(O)c1cccc(Br)c1F. The molecule has 1 amide bonds. The van der Waals surface area contributed by atoms with Crippen molar-refractivity contribution in [3.63, 3.8) is 0 Å². The summed E-state index contributed by atoms with van der Waals surface area (Å²) < 4.78 is 13.5. The molecule has 0 spiro atoms. The quantitative estimate of drug-likeness (QED) is 0.751. The number of hydrogen-bond acceptors (Lipinski definition) is 3. The third kappa shape index (κ3) is 2.53. The van der Waals surface area contributed by atoms with Gasteiger partial charge < -0.3 is 15.9 Å². The molecule has 1 rings (SSSR count). The molecule has 2 atom stereocenters. The topological polar surface area (TPSA) is 83.6 Å². The van der Waals surface area contributed by atoms with Gasteiger partial charge in [0.15, 0.2) is 6.10 Å². The van der Waals surface area contributed by atoms with Gasteiger partial charge in [-0.15, -0.1) is 0 Å². The van der Waals surface area contributed by atoms with Crippen LogP contribution < -0.4 is 5.73 Å². The lowest BCUT2D eigenvalue weighted by atomic mass is 10.0. The van der Waals surface area contributed by atoms with Crippen LogP contribution in [-0.4, -0.2) is 22.2 Å². The van der Waals surface area contributed by atoms with Gasteiger partial charge in [-0.2, -0.15) is 0 Å². The van der Waals surface area contributed by atoms with Gasteiger partial charge in [-0.1, -0.05) is 12.1 Å². The van der Waals surface area contributed by atoms with E-state index in [1.54, 1.807) is 0 Å². The number of rotatable bonds is 3. The van der Waals surface area contributed by atoms with Gasteiger partial charge in [-0.25, -0.2) is 4.39 Å². The number of primary amides is 1. The summed E-state index contributed by atoms with van der Waals surface area (Å²) in [6, 6.07) is 4.17. The number of carbonyl (C=O) groups excluding carboxylic acids is 1. The highest BCUT2D eigenvalue weighted by Gasteiger charge is 2.26. The van der Waals surface area contributed by atoms with Gasteiger partial charge in [0.1, 0.15) is 11.9 Å². The van der Waals surface area contributed by atoms with Crippen LogP contribution in [0.2, 0.25) is 0 Å². The van der Waals surface area contributed by atoms with E-state index in [0.717, 1.165) is 0 Å². The van der Waals surface area contributed by atoms with Crippen LogP contribution in [0.3, 0.4) is 0 Å². The maximum Gasteiger partial charge on any atom is 0.249 e. The summed E-state index contributed by atoms with van der Waals surface area (Å²) in [6.07, 6.45) is -3.49. The Balaban J connectivity index is 3.06. The smallest absolute Gasteiger partial charge is 0.249 e. The number of halogens is 2. The van der Waals surface area contributed by atoms with Gasteiger partial charge in [0.2, 0.25) is 5.91 Å². The van der Waals surface area contributed by atoms with Crippen LogP contribution in [-0.2, 0) is 4.79 Å². The number of benzene rings is 1. The van der Waals surface area contributed by atoms with Gasteiger partial charge >= 0.3 is 0 Å². The van der Waals surface area contributed by atoms with Gasteiger partial charge in [0, 0.05) is 5.56 Å². The molecule has 2 unspecified atom stereocenters. The van der Waals surface area contributed by atoms with Crippen molar-refractivity contribution in [3.8, 4) is 0 Å². The van der Waals surface area contributed by atoms with E-state index in [0.29, 0.717) is 0 Å². The zero-order valence-electron chi connectivity index (χ0n) is 7.52. The second-order valence-electron chi connectivity index (χ2n) is 2.94. The zero-order chi connectivity index (χ0) is 11.6. The van der Waals surface area contributed by atoms with Gasteiger partial charge in [0.05, 0.1) is 4.47 Å². The number of aliphatic hydroxyl groups is 2. The van der Waals surface area contributed by atoms with Crippen molar-refractivity contribution in [3.05, 3.63) is 34.1 Å². The lowest BCUT2D eigenvalue weighted by Gasteiger charge is -2.16. The van der Waals surface area contributed by atoms with Gasteiger partial charge in [0.25, 0.3) is 0 Å². The first-order chi connectivity index (χ1) is 6.95. The van der Waals surface area contributed by atoms with Crippen LogP contribution in [0.4, 0.5) is 4.39 Å². The molecule has 0 heterocycles. The fourth-order valence-corrected chi connectivity index (χ4v) is 1.46. The average Bonchev–Trinajstić information content (AvgIpc) is 2.20.